The predicted octanol–water partition coefficient (Wildman–Crippen LogP) is 6.94. The number of para-hydroxylation sites is 1. The number of nitrogens with one attached hydrogen (secondary N) is 1. The van der Waals surface area contributed by atoms with Crippen molar-refractivity contribution in [2.24, 2.45) is 0 Å². The van der Waals surface area contributed by atoms with Crippen molar-refractivity contribution in [3.63, 3.8) is 0 Å². The lowest BCUT2D eigenvalue weighted by atomic mass is 10.0. The Morgan fingerprint density at radius 2 is 1.62 bits per heavy atom. The molecule has 0 unspecified atom stereocenters. The van der Waals surface area contributed by atoms with E-state index in [0.29, 0.717) is 24.2 Å². The number of benzene rings is 3. The molecule has 0 aliphatic rings. The molecule has 5 aromatic rings. The Kier molecular flexibility index (Phi) is 9.33. The fraction of sp³-hybridized carbons (Fsp3) is 0.194. The Morgan fingerprint density at radius 1 is 0.978 bits per heavy atom. The van der Waals surface area contributed by atoms with E-state index in [4.69, 9.17) is 11.6 Å². The second-order valence-corrected chi connectivity index (χ2v) is 13.1. The van der Waals surface area contributed by atoms with E-state index in [1.807, 2.05) is 11.6 Å². The Hall–Kier alpha value is -4.20. The number of carbonyl (C=O) groups excluding carboxylic acids is 1. The molecular weight excluding hydrogens is 649 g/mol. The quantitative estimate of drug-likeness (QED) is 0.173. The largest absolute Gasteiger partial charge is 0.418 e. The minimum Gasteiger partial charge on any atom is -0.274 e. The van der Waals surface area contributed by atoms with Crippen molar-refractivity contribution in [1.82, 2.24) is 19.1 Å². The number of alkyl halides is 3. The first-order valence-electron chi connectivity index (χ1n) is 13.7. The molecule has 14 heteroatoms. The van der Waals surface area contributed by atoms with Gasteiger partial charge in [-0.05, 0) is 58.8 Å². The van der Waals surface area contributed by atoms with E-state index in [1.54, 1.807) is 41.8 Å². The Balaban J connectivity index is 1.37. The standard InChI is InChI=1S/C31H26ClF3N4O4S2/c1-2-3-8-27-36-39(26-7-5-4-6-24(26)31(33,34)35)30(41)38(27)19-20-9-11-21(12-10-20)22-13-15-23(16-14-22)45(42,43)37-29(40)28-25(32)17-18-44-28/h4-7,9-18H,2-3,8,19H2,1H3,(H,37,40). The van der Waals surface area contributed by atoms with Crippen LogP contribution in [0.1, 0.15) is 46.4 Å². The summed E-state index contributed by atoms with van der Waals surface area (Å²) in [6, 6.07) is 19.4. The molecule has 0 atom stereocenters. The molecule has 0 saturated carbocycles. The lowest BCUT2D eigenvalue weighted by molar-refractivity contribution is -0.137. The maximum absolute atomic E-state index is 13.7. The predicted molar refractivity (Wildman–Crippen MR) is 166 cm³/mol. The van der Waals surface area contributed by atoms with Crippen molar-refractivity contribution in [2.75, 3.05) is 0 Å². The van der Waals surface area contributed by atoms with Gasteiger partial charge in [-0.2, -0.15) is 17.9 Å². The molecule has 0 saturated heterocycles. The van der Waals surface area contributed by atoms with Crippen molar-refractivity contribution in [1.29, 1.82) is 0 Å². The van der Waals surface area contributed by atoms with Crippen LogP contribution in [0.3, 0.4) is 0 Å². The number of amides is 1. The minimum absolute atomic E-state index is 0.0927. The number of sulfonamides is 1. The number of nitrogens with zero attached hydrogens (tertiary/aromatic N) is 3. The van der Waals surface area contributed by atoms with Gasteiger partial charge in [-0.25, -0.2) is 17.9 Å². The molecule has 0 fully saturated rings. The average Bonchev–Trinajstić information content (AvgIpc) is 3.58. The lowest BCUT2D eigenvalue weighted by Gasteiger charge is -2.11. The molecule has 8 nitrogen and oxygen atoms in total. The summed E-state index contributed by atoms with van der Waals surface area (Å²) < 4.78 is 70.8. The summed E-state index contributed by atoms with van der Waals surface area (Å²) in [5, 5.41) is 6.05. The maximum Gasteiger partial charge on any atom is 0.418 e. The Morgan fingerprint density at radius 3 is 2.22 bits per heavy atom. The zero-order chi connectivity index (χ0) is 32.4. The summed E-state index contributed by atoms with van der Waals surface area (Å²) in [6.07, 6.45) is -2.73. The number of thiophene rings is 1. The van der Waals surface area contributed by atoms with Gasteiger partial charge in [0.15, 0.2) is 0 Å². The van der Waals surface area contributed by atoms with E-state index in [2.05, 4.69) is 5.10 Å². The van der Waals surface area contributed by atoms with Crippen molar-refractivity contribution < 1.29 is 26.4 Å². The first kappa shape index (κ1) is 32.2. The second-order valence-electron chi connectivity index (χ2n) is 10.1. The summed E-state index contributed by atoms with van der Waals surface area (Å²) in [4.78, 5) is 25.7. The van der Waals surface area contributed by atoms with Gasteiger partial charge in [0.05, 0.1) is 27.7 Å². The van der Waals surface area contributed by atoms with Crippen LogP contribution in [0.2, 0.25) is 5.02 Å². The molecule has 0 aliphatic heterocycles. The van der Waals surface area contributed by atoms with Crippen LogP contribution >= 0.6 is 22.9 Å². The fourth-order valence-electron chi connectivity index (χ4n) is 4.67. The molecule has 0 radical (unpaired) electrons. The molecule has 2 heterocycles. The van der Waals surface area contributed by atoms with E-state index in [1.165, 1.54) is 41.0 Å². The van der Waals surface area contributed by atoms with Crippen LogP contribution in [0.15, 0.2) is 93.9 Å². The van der Waals surface area contributed by atoms with Gasteiger partial charge in [-0.15, -0.1) is 16.4 Å². The van der Waals surface area contributed by atoms with E-state index in [0.717, 1.165) is 39.6 Å². The zero-order valence-electron chi connectivity index (χ0n) is 23.7. The van der Waals surface area contributed by atoms with E-state index >= 15 is 0 Å². The van der Waals surface area contributed by atoms with Crippen LogP contribution in [0, 0.1) is 0 Å². The Labute approximate surface area is 265 Å². The van der Waals surface area contributed by atoms with Crippen LogP contribution in [0.25, 0.3) is 16.8 Å². The maximum atomic E-state index is 13.7. The van der Waals surface area contributed by atoms with Crippen molar-refractivity contribution >= 4 is 38.9 Å². The fourth-order valence-corrected chi connectivity index (χ4v) is 6.72. The van der Waals surface area contributed by atoms with Gasteiger partial charge in [0.1, 0.15) is 10.7 Å². The van der Waals surface area contributed by atoms with Gasteiger partial charge in [-0.3, -0.25) is 9.36 Å². The molecule has 1 N–H and O–H groups in total. The molecule has 1 amide bonds. The monoisotopic (exact) mass is 674 g/mol. The topological polar surface area (TPSA) is 103 Å². The highest BCUT2D eigenvalue weighted by atomic mass is 35.5. The van der Waals surface area contributed by atoms with Crippen molar-refractivity contribution in [3.05, 3.63) is 122 Å². The highest BCUT2D eigenvalue weighted by molar-refractivity contribution is 7.90. The third kappa shape index (κ3) is 7.05. The normalized spacial score (nSPS) is 11.9. The zero-order valence-corrected chi connectivity index (χ0v) is 26.1. The summed E-state index contributed by atoms with van der Waals surface area (Å²) in [6.45, 7) is 2.06. The summed E-state index contributed by atoms with van der Waals surface area (Å²) >= 11 is 6.96. The molecule has 0 bridgehead atoms. The Bertz CT molecular complexity index is 2000. The number of aromatic nitrogens is 3. The van der Waals surface area contributed by atoms with Gasteiger partial charge in [0, 0.05) is 6.42 Å². The number of hydrogen-bond acceptors (Lipinski definition) is 6. The number of rotatable bonds is 10. The third-order valence-corrected chi connectivity index (χ3v) is 9.66. The molecule has 3 aromatic carbocycles. The van der Waals surface area contributed by atoms with E-state index in [-0.39, 0.29) is 27.0 Å². The van der Waals surface area contributed by atoms with Gasteiger partial charge in [0.2, 0.25) is 0 Å². The number of unbranched alkanes of at least 4 members (excludes halogenated alkanes) is 1. The molecule has 2 aromatic heterocycles. The van der Waals surface area contributed by atoms with Crippen LogP contribution < -0.4 is 10.4 Å². The molecule has 45 heavy (non-hydrogen) atoms. The number of halogens is 4. The number of aryl methyl sites for hydroxylation is 1. The van der Waals surface area contributed by atoms with Gasteiger partial charge >= 0.3 is 11.9 Å². The van der Waals surface area contributed by atoms with Crippen molar-refractivity contribution in [3.8, 4) is 16.8 Å². The first-order chi connectivity index (χ1) is 21.4. The van der Waals surface area contributed by atoms with Crippen LogP contribution in [0.4, 0.5) is 13.2 Å². The highest BCUT2D eigenvalue weighted by Gasteiger charge is 2.35. The second kappa shape index (κ2) is 13.0. The van der Waals surface area contributed by atoms with Crippen LogP contribution in [0.5, 0.6) is 0 Å². The van der Waals surface area contributed by atoms with Gasteiger partial charge in [-0.1, -0.05) is 73.5 Å². The number of hydrogen-bond donors (Lipinski definition) is 1. The molecular formula is C31H26ClF3N4O4S2. The SMILES string of the molecule is CCCCc1nn(-c2ccccc2C(F)(F)F)c(=O)n1Cc1ccc(-c2ccc(S(=O)(=O)NC(=O)c3sccc3Cl)cc2)cc1. The smallest absolute Gasteiger partial charge is 0.274 e. The molecule has 0 spiro atoms. The van der Waals surface area contributed by atoms with Gasteiger partial charge in [0.25, 0.3) is 15.9 Å². The van der Waals surface area contributed by atoms with Crippen LogP contribution in [-0.2, 0) is 29.2 Å². The van der Waals surface area contributed by atoms with E-state index in [9.17, 15) is 31.2 Å². The summed E-state index contributed by atoms with van der Waals surface area (Å²) in [7, 11) is -4.14. The van der Waals surface area contributed by atoms with Crippen molar-refractivity contribution in [2.45, 2.75) is 43.8 Å². The minimum atomic E-state index is -4.66. The van der Waals surface area contributed by atoms with E-state index < -0.39 is 33.4 Å². The summed E-state index contributed by atoms with van der Waals surface area (Å²) in [5.41, 5.74) is 0.220. The molecule has 5 rings (SSSR count). The van der Waals surface area contributed by atoms with Crippen LogP contribution in [-0.4, -0.2) is 28.7 Å². The molecule has 0 aliphatic carbocycles. The summed E-state index contributed by atoms with van der Waals surface area (Å²) in [5.74, 6) is -0.435. The van der Waals surface area contributed by atoms with Gasteiger partial charge < -0.3 is 0 Å². The first-order valence-corrected chi connectivity index (χ1v) is 16.5. The molecule has 234 valence electrons. The average molecular weight is 675 g/mol. The third-order valence-electron chi connectivity index (χ3n) is 6.97. The number of carbonyl (C=O) groups is 1. The highest BCUT2D eigenvalue weighted by Crippen LogP contribution is 2.33. The lowest BCUT2D eigenvalue weighted by Crippen LogP contribution is -2.30.